The highest BCUT2D eigenvalue weighted by atomic mass is 32.2. The highest BCUT2D eigenvalue weighted by Gasteiger charge is 2.07. The van der Waals surface area contributed by atoms with Crippen molar-refractivity contribution in [3.05, 3.63) is 41.2 Å². The van der Waals surface area contributed by atoms with Crippen molar-refractivity contribution in [2.75, 3.05) is 11.9 Å². The zero-order valence-corrected chi connectivity index (χ0v) is 14.0. The van der Waals surface area contributed by atoms with Crippen molar-refractivity contribution in [2.45, 2.75) is 50.5 Å². The summed E-state index contributed by atoms with van der Waals surface area (Å²) >= 11 is 1.71. The van der Waals surface area contributed by atoms with E-state index in [1.165, 1.54) is 16.0 Å². The lowest BCUT2D eigenvalue weighted by atomic mass is 10.2. The van der Waals surface area contributed by atoms with Crippen molar-refractivity contribution < 1.29 is 0 Å². The van der Waals surface area contributed by atoms with Crippen LogP contribution in [0.4, 0.5) is 5.82 Å². The first kappa shape index (κ1) is 15.8. The van der Waals surface area contributed by atoms with E-state index in [4.69, 9.17) is 0 Å². The lowest BCUT2D eigenvalue weighted by Crippen LogP contribution is -2.05. The molecule has 112 valence electrons. The molecule has 1 heterocycles. The second kappa shape index (κ2) is 7.46. The van der Waals surface area contributed by atoms with E-state index >= 15 is 0 Å². The monoisotopic (exact) mass is 301 g/mol. The standard InChI is InChI=1S/C17H23N3S/c1-5-9-18-16-11-17(20-15(6-2)19-16)21-14-8-7-12(3)10-13(14)4/h7-8,10-11H,5-6,9H2,1-4H3,(H,18,19,20). The average molecular weight is 301 g/mol. The third kappa shape index (κ3) is 4.46. The van der Waals surface area contributed by atoms with Gasteiger partial charge >= 0.3 is 0 Å². The largest absolute Gasteiger partial charge is 0.370 e. The van der Waals surface area contributed by atoms with Crippen LogP contribution < -0.4 is 5.32 Å². The Kier molecular flexibility index (Phi) is 5.62. The highest BCUT2D eigenvalue weighted by Crippen LogP contribution is 2.30. The Morgan fingerprint density at radius 2 is 1.90 bits per heavy atom. The highest BCUT2D eigenvalue weighted by molar-refractivity contribution is 7.99. The van der Waals surface area contributed by atoms with Crippen molar-refractivity contribution in [2.24, 2.45) is 0 Å². The Balaban J connectivity index is 2.25. The van der Waals surface area contributed by atoms with Gasteiger partial charge in [-0.3, -0.25) is 0 Å². The minimum atomic E-state index is 0.849. The van der Waals surface area contributed by atoms with Crippen LogP contribution in [0.5, 0.6) is 0 Å². The summed E-state index contributed by atoms with van der Waals surface area (Å²) in [7, 11) is 0. The summed E-state index contributed by atoms with van der Waals surface area (Å²) in [5.74, 6) is 1.82. The summed E-state index contributed by atoms with van der Waals surface area (Å²) in [4.78, 5) is 10.4. The zero-order chi connectivity index (χ0) is 15.2. The van der Waals surface area contributed by atoms with Crippen LogP contribution in [-0.2, 0) is 6.42 Å². The van der Waals surface area contributed by atoms with Crippen LogP contribution in [0.2, 0.25) is 0 Å². The van der Waals surface area contributed by atoms with E-state index in [2.05, 4.69) is 61.2 Å². The fourth-order valence-corrected chi connectivity index (χ4v) is 2.96. The first-order valence-corrected chi connectivity index (χ1v) is 8.31. The molecule has 0 spiro atoms. The molecule has 0 fully saturated rings. The maximum Gasteiger partial charge on any atom is 0.131 e. The normalized spacial score (nSPS) is 10.7. The number of benzene rings is 1. The van der Waals surface area contributed by atoms with Gasteiger partial charge in [-0.15, -0.1) is 0 Å². The molecule has 0 saturated carbocycles. The van der Waals surface area contributed by atoms with Crippen LogP contribution in [0.3, 0.4) is 0 Å². The van der Waals surface area contributed by atoms with Gasteiger partial charge in [-0.1, -0.05) is 43.3 Å². The number of rotatable bonds is 6. The lowest BCUT2D eigenvalue weighted by molar-refractivity contribution is 0.877. The molecule has 1 aromatic heterocycles. The summed E-state index contributed by atoms with van der Waals surface area (Å²) in [5.41, 5.74) is 2.58. The fraction of sp³-hybridized carbons (Fsp3) is 0.412. The molecule has 0 radical (unpaired) electrons. The second-order valence-electron chi connectivity index (χ2n) is 5.16. The van der Waals surface area contributed by atoms with Crippen LogP contribution in [0.1, 0.15) is 37.2 Å². The molecule has 21 heavy (non-hydrogen) atoms. The van der Waals surface area contributed by atoms with Crippen LogP contribution in [0.15, 0.2) is 34.2 Å². The van der Waals surface area contributed by atoms with E-state index < -0.39 is 0 Å². The maximum absolute atomic E-state index is 4.63. The van der Waals surface area contributed by atoms with E-state index in [1.807, 2.05) is 6.07 Å². The van der Waals surface area contributed by atoms with E-state index in [1.54, 1.807) is 11.8 Å². The van der Waals surface area contributed by atoms with E-state index in [-0.39, 0.29) is 0 Å². The second-order valence-corrected chi connectivity index (χ2v) is 6.22. The topological polar surface area (TPSA) is 37.8 Å². The molecule has 0 aliphatic carbocycles. The molecule has 0 amide bonds. The summed E-state index contributed by atoms with van der Waals surface area (Å²) in [6.45, 7) is 9.44. The minimum Gasteiger partial charge on any atom is -0.370 e. The van der Waals surface area contributed by atoms with Crippen molar-refractivity contribution >= 4 is 17.6 Å². The number of nitrogens with zero attached hydrogens (tertiary/aromatic N) is 2. The van der Waals surface area contributed by atoms with Gasteiger partial charge < -0.3 is 5.32 Å². The van der Waals surface area contributed by atoms with Gasteiger partial charge in [-0.25, -0.2) is 9.97 Å². The zero-order valence-electron chi connectivity index (χ0n) is 13.2. The molecule has 4 heteroatoms. The summed E-state index contributed by atoms with van der Waals surface area (Å²) in [6, 6.07) is 8.56. The molecular formula is C17H23N3S. The van der Waals surface area contributed by atoms with Crippen LogP contribution >= 0.6 is 11.8 Å². The van der Waals surface area contributed by atoms with Gasteiger partial charge in [0.2, 0.25) is 0 Å². The Bertz CT molecular complexity index is 611. The molecular weight excluding hydrogens is 278 g/mol. The number of aryl methyl sites for hydroxylation is 3. The average Bonchev–Trinajstić information content (AvgIpc) is 2.48. The first-order chi connectivity index (χ1) is 10.1. The number of aromatic nitrogens is 2. The van der Waals surface area contributed by atoms with Gasteiger partial charge in [0.1, 0.15) is 16.7 Å². The van der Waals surface area contributed by atoms with Crippen LogP contribution in [0.25, 0.3) is 0 Å². The van der Waals surface area contributed by atoms with Gasteiger partial charge in [-0.2, -0.15) is 0 Å². The van der Waals surface area contributed by atoms with Crippen LogP contribution in [0, 0.1) is 13.8 Å². The number of hydrogen-bond donors (Lipinski definition) is 1. The third-order valence-corrected chi connectivity index (χ3v) is 4.26. The summed E-state index contributed by atoms with van der Waals surface area (Å²) < 4.78 is 0. The molecule has 1 aromatic carbocycles. The predicted molar refractivity (Wildman–Crippen MR) is 90.2 cm³/mol. The van der Waals surface area contributed by atoms with Gasteiger partial charge in [0.25, 0.3) is 0 Å². The first-order valence-electron chi connectivity index (χ1n) is 7.49. The Labute approximate surface area is 131 Å². The Morgan fingerprint density at radius 1 is 1.10 bits per heavy atom. The van der Waals surface area contributed by atoms with Crippen molar-refractivity contribution in [3.8, 4) is 0 Å². The predicted octanol–water partition coefficient (Wildman–Crippen LogP) is 4.63. The van der Waals surface area contributed by atoms with E-state index in [9.17, 15) is 0 Å². The maximum atomic E-state index is 4.63. The molecule has 0 saturated heterocycles. The Morgan fingerprint density at radius 3 is 2.57 bits per heavy atom. The molecule has 0 bridgehead atoms. The van der Waals surface area contributed by atoms with Crippen molar-refractivity contribution in [3.63, 3.8) is 0 Å². The van der Waals surface area contributed by atoms with Crippen molar-refractivity contribution in [1.82, 2.24) is 9.97 Å². The Hall–Kier alpha value is -1.55. The SMILES string of the molecule is CCCNc1cc(Sc2ccc(C)cc2C)nc(CC)n1. The molecule has 2 rings (SSSR count). The third-order valence-electron chi connectivity index (χ3n) is 3.17. The van der Waals surface area contributed by atoms with Crippen LogP contribution in [-0.4, -0.2) is 16.5 Å². The molecule has 2 aromatic rings. The molecule has 0 aliphatic heterocycles. The molecule has 3 nitrogen and oxygen atoms in total. The lowest BCUT2D eigenvalue weighted by Gasteiger charge is -2.10. The quantitative estimate of drug-likeness (QED) is 0.789. The smallest absolute Gasteiger partial charge is 0.131 e. The molecule has 0 atom stereocenters. The van der Waals surface area contributed by atoms with Gasteiger partial charge in [0.15, 0.2) is 0 Å². The minimum absolute atomic E-state index is 0.849. The molecule has 1 N–H and O–H groups in total. The van der Waals surface area contributed by atoms with Crippen molar-refractivity contribution in [1.29, 1.82) is 0 Å². The van der Waals surface area contributed by atoms with Gasteiger partial charge in [-0.05, 0) is 31.9 Å². The molecule has 0 aliphatic rings. The van der Waals surface area contributed by atoms with E-state index in [0.717, 1.165) is 36.1 Å². The number of hydrogen-bond acceptors (Lipinski definition) is 4. The number of anilines is 1. The molecule has 0 unspecified atom stereocenters. The number of nitrogens with one attached hydrogen (secondary N) is 1. The van der Waals surface area contributed by atoms with Gasteiger partial charge in [0, 0.05) is 23.9 Å². The summed E-state index contributed by atoms with van der Waals surface area (Å²) in [6.07, 6.45) is 1.94. The fourth-order valence-electron chi connectivity index (χ4n) is 2.05. The van der Waals surface area contributed by atoms with E-state index in [0.29, 0.717) is 0 Å². The van der Waals surface area contributed by atoms with Gasteiger partial charge in [0.05, 0.1) is 0 Å². The summed E-state index contributed by atoms with van der Waals surface area (Å²) in [5, 5.41) is 4.36.